The first-order valence-corrected chi connectivity index (χ1v) is 4.43. The molecule has 0 amide bonds. The third-order valence-corrected chi connectivity index (χ3v) is 1.65. The molecule has 0 aliphatic heterocycles. The van der Waals surface area contributed by atoms with Crippen LogP contribution in [0.1, 0.15) is 19.0 Å². The molecule has 0 spiro atoms. The minimum absolute atomic E-state index is 0.341. The Bertz CT molecular complexity index is 259. The molecule has 0 radical (unpaired) electrons. The van der Waals surface area contributed by atoms with Gasteiger partial charge in [-0.15, -0.1) is 0 Å². The van der Waals surface area contributed by atoms with Crippen molar-refractivity contribution in [2.24, 2.45) is 0 Å². The zero-order valence-electron chi connectivity index (χ0n) is 7.79. The third kappa shape index (κ3) is 3.69. The molecule has 3 nitrogen and oxygen atoms in total. The molecule has 0 bridgehead atoms. The van der Waals surface area contributed by atoms with Crippen molar-refractivity contribution in [2.45, 2.75) is 19.8 Å². The number of nitrogens with zero attached hydrogens (tertiary/aromatic N) is 1. The van der Waals surface area contributed by atoms with Gasteiger partial charge in [-0.25, -0.2) is 0 Å². The summed E-state index contributed by atoms with van der Waals surface area (Å²) in [6, 6.07) is 5.79. The first-order valence-electron chi connectivity index (χ1n) is 4.43. The van der Waals surface area contributed by atoms with Crippen LogP contribution in [0.4, 0.5) is 0 Å². The number of aromatic nitrogens is 1. The Morgan fingerprint density at radius 2 is 2.38 bits per heavy atom. The number of hydrogen-bond donors (Lipinski definition) is 1. The van der Waals surface area contributed by atoms with Crippen molar-refractivity contribution < 1.29 is 4.74 Å². The Kier molecular flexibility index (Phi) is 3.96. The summed E-state index contributed by atoms with van der Waals surface area (Å²) in [6.07, 6.45) is 3.17. The molecule has 0 aliphatic carbocycles. The second kappa shape index (κ2) is 5.30. The molecular formula is C10H14N2O. The molecule has 0 aliphatic rings. The van der Waals surface area contributed by atoms with Crippen molar-refractivity contribution in [2.75, 3.05) is 6.61 Å². The lowest BCUT2D eigenvalue weighted by Crippen LogP contribution is -2.04. The molecular weight excluding hydrogens is 164 g/mol. The predicted molar refractivity (Wildman–Crippen MR) is 51.9 cm³/mol. The van der Waals surface area contributed by atoms with Crippen molar-refractivity contribution in [3.8, 4) is 0 Å². The highest BCUT2D eigenvalue weighted by Gasteiger charge is 1.98. The number of nitrogens with one attached hydrogen (secondary N) is 1. The lowest BCUT2D eigenvalue weighted by Gasteiger charge is -2.03. The van der Waals surface area contributed by atoms with Gasteiger partial charge in [-0.3, -0.25) is 10.4 Å². The topological polar surface area (TPSA) is 46.0 Å². The van der Waals surface area contributed by atoms with E-state index >= 15 is 0 Å². The minimum Gasteiger partial charge on any atom is -0.481 e. The smallest absolute Gasteiger partial charge is 0.180 e. The van der Waals surface area contributed by atoms with Crippen LogP contribution in [0.3, 0.4) is 0 Å². The summed E-state index contributed by atoms with van der Waals surface area (Å²) >= 11 is 0. The van der Waals surface area contributed by atoms with Crippen molar-refractivity contribution in [3.63, 3.8) is 0 Å². The second-order valence-corrected chi connectivity index (χ2v) is 2.68. The Labute approximate surface area is 78.3 Å². The molecule has 70 valence electrons. The predicted octanol–water partition coefficient (Wildman–Crippen LogP) is 2.03. The molecule has 1 aromatic rings. The van der Waals surface area contributed by atoms with E-state index in [1.807, 2.05) is 25.1 Å². The maximum Gasteiger partial charge on any atom is 0.180 e. The van der Waals surface area contributed by atoms with Gasteiger partial charge in [0.15, 0.2) is 5.90 Å². The van der Waals surface area contributed by atoms with E-state index in [1.54, 1.807) is 6.20 Å². The highest BCUT2D eigenvalue weighted by atomic mass is 16.5. The largest absolute Gasteiger partial charge is 0.481 e. The fraction of sp³-hybridized carbons (Fsp3) is 0.400. The maximum absolute atomic E-state index is 7.39. The van der Waals surface area contributed by atoms with Gasteiger partial charge in [0.05, 0.1) is 6.61 Å². The van der Waals surface area contributed by atoms with Gasteiger partial charge in [-0.2, -0.15) is 0 Å². The fourth-order valence-electron chi connectivity index (χ4n) is 1.03. The standard InChI is InChI=1S/C10H14N2O/c1-2-13-10(11)7-6-9-5-3-4-8-12-9/h3-5,8,11H,2,6-7H2,1H3. The lowest BCUT2D eigenvalue weighted by molar-refractivity contribution is 0.314. The molecule has 1 N–H and O–H groups in total. The molecule has 13 heavy (non-hydrogen) atoms. The van der Waals surface area contributed by atoms with E-state index in [4.69, 9.17) is 10.1 Å². The Balaban J connectivity index is 2.31. The third-order valence-electron chi connectivity index (χ3n) is 1.65. The van der Waals surface area contributed by atoms with Crippen molar-refractivity contribution >= 4 is 5.90 Å². The number of rotatable bonds is 4. The van der Waals surface area contributed by atoms with Gasteiger partial charge in [0, 0.05) is 18.3 Å². The van der Waals surface area contributed by atoms with Crippen LogP contribution >= 0.6 is 0 Å². The summed E-state index contributed by atoms with van der Waals surface area (Å²) < 4.78 is 5.02. The van der Waals surface area contributed by atoms with E-state index in [-0.39, 0.29) is 0 Å². The van der Waals surface area contributed by atoms with E-state index < -0.39 is 0 Å². The quantitative estimate of drug-likeness (QED) is 0.566. The molecule has 0 aromatic carbocycles. The molecule has 1 rings (SSSR count). The van der Waals surface area contributed by atoms with Gasteiger partial charge in [0.1, 0.15) is 0 Å². The van der Waals surface area contributed by atoms with Gasteiger partial charge < -0.3 is 4.74 Å². The first kappa shape index (κ1) is 9.71. The Morgan fingerprint density at radius 3 is 3.00 bits per heavy atom. The van der Waals surface area contributed by atoms with E-state index in [0.717, 1.165) is 12.1 Å². The summed E-state index contributed by atoms with van der Waals surface area (Å²) in [5.41, 5.74) is 1.01. The molecule has 0 saturated carbocycles. The van der Waals surface area contributed by atoms with Crippen LogP contribution in [-0.2, 0) is 11.2 Å². The summed E-state index contributed by atoms with van der Waals surface area (Å²) in [5.74, 6) is 0.341. The van der Waals surface area contributed by atoms with Gasteiger partial charge >= 0.3 is 0 Å². The molecule has 0 unspecified atom stereocenters. The van der Waals surface area contributed by atoms with Crippen LogP contribution in [0.5, 0.6) is 0 Å². The summed E-state index contributed by atoms with van der Waals surface area (Å²) in [4.78, 5) is 4.16. The Morgan fingerprint density at radius 1 is 1.54 bits per heavy atom. The second-order valence-electron chi connectivity index (χ2n) is 2.68. The van der Waals surface area contributed by atoms with Crippen LogP contribution in [0.15, 0.2) is 24.4 Å². The van der Waals surface area contributed by atoms with Crippen molar-refractivity contribution in [1.82, 2.24) is 4.98 Å². The van der Waals surface area contributed by atoms with Crippen LogP contribution in [-0.4, -0.2) is 17.5 Å². The number of hydrogen-bond acceptors (Lipinski definition) is 3. The van der Waals surface area contributed by atoms with Crippen LogP contribution in [0, 0.1) is 5.41 Å². The molecule has 3 heteroatoms. The van der Waals surface area contributed by atoms with E-state index in [9.17, 15) is 0 Å². The molecule has 0 fully saturated rings. The van der Waals surface area contributed by atoms with Crippen molar-refractivity contribution in [1.29, 1.82) is 5.41 Å². The summed E-state index contributed by atoms with van der Waals surface area (Å²) in [7, 11) is 0. The molecule has 1 aromatic heterocycles. The maximum atomic E-state index is 7.39. The Hall–Kier alpha value is -1.38. The van der Waals surface area contributed by atoms with E-state index in [0.29, 0.717) is 18.9 Å². The highest BCUT2D eigenvalue weighted by Crippen LogP contribution is 1.99. The molecule has 0 saturated heterocycles. The van der Waals surface area contributed by atoms with Crippen LogP contribution in [0.2, 0.25) is 0 Å². The minimum atomic E-state index is 0.341. The van der Waals surface area contributed by atoms with Gasteiger partial charge in [0.2, 0.25) is 0 Å². The number of pyridine rings is 1. The SMILES string of the molecule is CCOC(=N)CCc1ccccn1. The monoisotopic (exact) mass is 178 g/mol. The van der Waals surface area contributed by atoms with Crippen LogP contribution < -0.4 is 0 Å². The highest BCUT2D eigenvalue weighted by molar-refractivity contribution is 5.72. The lowest BCUT2D eigenvalue weighted by atomic mass is 10.2. The van der Waals surface area contributed by atoms with Crippen LogP contribution in [0.25, 0.3) is 0 Å². The zero-order valence-corrected chi connectivity index (χ0v) is 7.79. The number of ether oxygens (including phenoxy) is 1. The zero-order chi connectivity index (χ0) is 9.52. The normalized spacial score (nSPS) is 9.62. The van der Waals surface area contributed by atoms with Gasteiger partial charge in [0.25, 0.3) is 0 Å². The van der Waals surface area contributed by atoms with Gasteiger partial charge in [-0.1, -0.05) is 6.07 Å². The molecule has 0 atom stereocenters. The fourth-order valence-corrected chi connectivity index (χ4v) is 1.03. The summed E-state index contributed by atoms with van der Waals surface area (Å²) in [6.45, 7) is 2.45. The average molecular weight is 178 g/mol. The van der Waals surface area contributed by atoms with E-state index in [1.165, 1.54) is 0 Å². The van der Waals surface area contributed by atoms with Gasteiger partial charge in [-0.05, 0) is 25.5 Å². The first-order chi connectivity index (χ1) is 6.33. The number of aryl methyl sites for hydroxylation is 1. The average Bonchev–Trinajstić information content (AvgIpc) is 2.17. The summed E-state index contributed by atoms with van der Waals surface area (Å²) in [5, 5.41) is 7.39. The van der Waals surface area contributed by atoms with Crippen molar-refractivity contribution in [3.05, 3.63) is 30.1 Å². The van der Waals surface area contributed by atoms with E-state index in [2.05, 4.69) is 4.98 Å². The molecule has 1 heterocycles.